The monoisotopic (exact) mass is 425 g/mol. The molecule has 0 bridgehead atoms. The minimum absolute atomic E-state index is 0.0203. The summed E-state index contributed by atoms with van der Waals surface area (Å²) in [4.78, 5) is 36.8. The molecule has 0 aromatic heterocycles. The Morgan fingerprint density at radius 3 is 2.33 bits per heavy atom. The summed E-state index contributed by atoms with van der Waals surface area (Å²) < 4.78 is 11.4. The van der Waals surface area contributed by atoms with E-state index in [9.17, 15) is 14.4 Å². The Morgan fingerprint density at radius 1 is 1.13 bits per heavy atom. The van der Waals surface area contributed by atoms with Gasteiger partial charge in [-0.3, -0.25) is 9.59 Å². The number of hydrogen-bond donors (Lipinski definition) is 3. The lowest BCUT2D eigenvalue weighted by Crippen LogP contribution is -2.60. The fourth-order valence-corrected chi connectivity index (χ4v) is 3.46. The second-order valence-corrected chi connectivity index (χ2v) is 8.08. The number of amides is 2. The molecule has 3 atom stereocenters. The van der Waals surface area contributed by atoms with Crippen LogP contribution in [0.4, 0.5) is 0 Å². The summed E-state index contributed by atoms with van der Waals surface area (Å²) in [6.45, 7) is 12.5. The predicted octanol–water partition coefficient (Wildman–Crippen LogP) is 1.69. The van der Waals surface area contributed by atoms with Crippen LogP contribution < -0.4 is 16.0 Å². The van der Waals surface area contributed by atoms with Crippen molar-refractivity contribution in [1.29, 1.82) is 0 Å². The molecule has 8 nitrogen and oxygen atoms in total. The molecule has 0 saturated heterocycles. The molecule has 30 heavy (non-hydrogen) atoms. The zero-order valence-electron chi connectivity index (χ0n) is 19.2. The highest BCUT2D eigenvalue weighted by Gasteiger charge is 2.38. The van der Waals surface area contributed by atoms with Crippen LogP contribution >= 0.6 is 0 Å². The summed E-state index contributed by atoms with van der Waals surface area (Å²) in [5, 5.41) is 8.99. The smallest absolute Gasteiger partial charge is 0.333 e. The van der Waals surface area contributed by atoms with Gasteiger partial charge in [0.05, 0.1) is 37.4 Å². The average molecular weight is 426 g/mol. The highest BCUT2D eigenvalue weighted by atomic mass is 16.5. The third-order valence-corrected chi connectivity index (χ3v) is 4.95. The summed E-state index contributed by atoms with van der Waals surface area (Å²) in [5.41, 5.74) is 0.454. The summed E-state index contributed by atoms with van der Waals surface area (Å²) in [6, 6.07) is -0.957. The van der Waals surface area contributed by atoms with Gasteiger partial charge in [-0.2, -0.15) is 0 Å². The molecule has 0 aromatic rings. The van der Waals surface area contributed by atoms with Crippen LogP contribution in [-0.4, -0.2) is 61.8 Å². The van der Waals surface area contributed by atoms with Crippen LogP contribution in [0.5, 0.6) is 0 Å². The average Bonchev–Trinajstić information content (AvgIpc) is 2.67. The molecule has 8 heteroatoms. The molecule has 1 aliphatic carbocycles. The van der Waals surface area contributed by atoms with Gasteiger partial charge in [-0.25, -0.2) is 4.79 Å². The lowest BCUT2D eigenvalue weighted by Gasteiger charge is -2.38. The maximum atomic E-state index is 12.5. The first-order valence-electron chi connectivity index (χ1n) is 11.0. The third kappa shape index (κ3) is 8.83. The molecule has 0 fully saturated rings. The largest absolute Gasteiger partial charge is 0.463 e. The van der Waals surface area contributed by atoms with Gasteiger partial charge >= 0.3 is 5.97 Å². The zero-order valence-corrected chi connectivity index (χ0v) is 19.2. The molecule has 0 aliphatic heterocycles. The van der Waals surface area contributed by atoms with E-state index < -0.39 is 24.2 Å². The Balaban J connectivity index is 3.08. The van der Waals surface area contributed by atoms with Gasteiger partial charge in [0.1, 0.15) is 0 Å². The number of esters is 1. The number of carbonyl (C=O) groups excluding carboxylic acids is 3. The maximum Gasteiger partial charge on any atom is 0.333 e. The molecule has 0 unspecified atom stereocenters. The topological polar surface area (TPSA) is 106 Å². The molecule has 1 rings (SSSR count). The van der Waals surface area contributed by atoms with Crippen molar-refractivity contribution in [3.8, 4) is 0 Å². The zero-order chi connectivity index (χ0) is 22.7. The van der Waals surface area contributed by atoms with Crippen LogP contribution in [0, 0.1) is 5.92 Å². The maximum absolute atomic E-state index is 12.5. The standard InChI is InChI=1S/C22H39N3O5/c1-7-17(8-2)30-19-11-16(22(28)29-9-3)10-18(21(19)24-15(6)26)25-20(27)13-23-12-14(4)5/h11,14,17-19,21,23H,7-10,12-13H2,1-6H3,(H,24,26)(H,25,27)/t18-,19+,21+/m0/s1. The summed E-state index contributed by atoms with van der Waals surface area (Å²) >= 11 is 0. The number of hydrogen-bond acceptors (Lipinski definition) is 6. The first kappa shape index (κ1) is 26.1. The molecule has 2 amide bonds. The first-order valence-corrected chi connectivity index (χ1v) is 11.0. The first-order chi connectivity index (χ1) is 14.2. The molecular weight excluding hydrogens is 386 g/mol. The Morgan fingerprint density at radius 2 is 1.80 bits per heavy atom. The van der Waals surface area contributed by atoms with E-state index in [1.54, 1.807) is 13.0 Å². The van der Waals surface area contributed by atoms with Crippen molar-refractivity contribution >= 4 is 17.8 Å². The van der Waals surface area contributed by atoms with Crippen molar-refractivity contribution in [3.63, 3.8) is 0 Å². The third-order valence-electron chi connectivity index (χ3n) is 4.95. The molecule has 0 radical (unpaired) electrons. The summed E-state index contributed by atoms with van der Waals surface area (Å²) in [5.74, 6) is -0.407. The Bertz CT molecular complexity index is 602. The summed E-state index contributed by atoms with van der Waals surface area (Å²) in [6.07, 6.45) is 3.05. The molecule has 0 heterocycles. The van der Waals surface area contributed by atoms with Crippen molar-refractivity contribution in [2.75, 3.05) is 19.7 Å². The Kier molecular flexibility index (Phi) is 11.7. The van der Waals surface area contributed by atoms with E-state index in [0.29, 0.717) is 11.5 Å². The van der Waals surface area contributed by atoms with E-state index in [1.807, 2.05) is 13.8 Å². The van der Waals surface area contributed by atoms with Crippen LogP contribution in [-0.2, 0) is 23.9 Å². The lowest BCUT2D eigenvalue weighted by atomic mass is 9.87. The fraction of sp³-hybridized carbons (Fsp3) is 0.773. The molecule has 1 aliphatic rings. The SMILES string of the molecule is CCOC(=O)C1=C[C@@H](OC(CC)CC)[C@H](NC(C)=O)[C@@H](NC(=O)CNCC(C)C)C1. The van der Waals surface area contributed by atoms with E-state index in [4.69, 9.17) is 9.47 Å². The molecule has 0 saturated carbocycles. The minimum atomic E-state index is -0.541. The normalized spacial score (nSPS) is 21.3. The predicted molar refractivity (Wildman–Crippen MR) is 116 cm³/mol. The van der Waals surface area contributed by atoms with E-state index in [0.717, 1.165) is 19.4 Å². The van der Waals surface area contributed by atoms with Gasteiger partial charge in [0.15, 0.2) is 0 Å². The number of ether oxygens (including phenoxy) is 2. The van der Waals surface area contributed by atoms with Crippen molar-refractivity contribution in [2.24, 2.45) is 5.92 Å². The van der Waals surface area contributed by atoms with Gasteiger partial charge < -0.3 is 25.4 Å². The number of carbonyl (C=O) groups is 3. The molecule has 0 aromatic carbocycles. The van der Waals surface area contributed by atoms with E-state index in [1.165, 1.54) is 6.92 Å². The summed E-state index contributed by atoms with van der Waals surface area (Å²) in [7, 11) is 0. The van der Waals surface area contributed by atoms with Crippen LogP contribution in [0.15, 0.2) is 11.6 Å². The van der Waals surface area contributed by atoms with Crippen LogP contribution in [0.1, 0.15) is 60.8 Å². The van der Waals surface area contributed by atoms with Crippen molar-refractivity contribution in [1.82, 2.24) is 16.0 Å². The highest BCUT2D eigenvalue weighted by Crippen LogP contribution is 2.25. The van der Waals surface area contributed by atoms with Crippen LogP contribution in [0.25, 0.3) is 0 Å². The van der Waals surface area contributed by atoms with E-state index in [-0.39, 0.29) is 37.5 Å². The van der Waals surface area contributed by atoms with Crippen molar-refractivity contribution < 1.29 is 23.9 Å². The highest BCUT2D eigenvalue weighted by molar-refractivity contribution is 5.89. The van der Waals surface area contributed by atoms with Crippen molar-refractivity contribution in [2.45, 2.75) is 85.1 Å². The Hall–Kier alpha value is -1.93. The van der Waals surface area contributed by atoms with Gasteiger partial charge in [0, 0.05) is 18.9 Å². The number of nitrogens with one attached hydrogen (secondary N) is 3. The van der Waals surface area contributed by atoms with Crippen LogP contribution in [0.2, 0.25) is 0 Å². The van der Waals surface area contributed by atoms with Gasteiger partial charge in [-0.1, -0.05) is 27.7 Å². The second kappa shape index (κ2) is 13.4. The molecule has 172 valence electrons. The van der Waals surface area contributed by atoms with E-state index in [2.05, 4.69) is 29.8 Å². The second-order valence-electron chi connectivity index (χ2n) is 8.08. The molecule has 3 N–H and O–H groups in total. The van der Waals surface area contributed by atoms with Crippen molar-refractivity contribution in [3.05, 3.63) is 11.6 Å². The van der Waals surface area contributed by atoms with E-state index >= 15 is 0 Å². The van der Waals surface area contributed by atoms with Gasteiger partial charge in [0.25, 0.3) is 0 Å². The number of rotatable bonds is 12. The van der Waals surface area contributed by atoms with Crippen LogP contribution in [0.3, 0.4) is 0 Å². The van der Waals surface area contributed by atoms with Gasteiger partial charge in [-0.15, -0.1) is 0 Å². The lowest BCUT2D eigenvalue weighted by molar-refractivity contribution is -0.139. The Labute approximate surface area is 180 Å². The van der Waals surface area contributed by atoms with Gasteiger partial charge in [-0.05, 0) is 38.3 Å². The fourth-order valence-electron chi connectivity index (χ4n) is 3.46. The molecule has 0 spiro atoms. The molecular formula is C22H39N3O5. The minimum Gasteiger partial charge on any atom is -0.463 e. The quantitative estimate of drug-likeness (QED) is 0.411. The van der Waals surface area contributed by atoms with Gasteiger partial charge in [0.2, 0.25) is 11.8 Å².